The van der Waals surface area contributed by atoms with Gasteiger partial charge in [0.05, 0.1) is 23.7 Å². The van der Waals surface area contributed by atoms with Crippen LogP contribution in [0.25, 0.3) is 21.9 Å². The van der Waals surface area contributed by atoms with Crippen molar-refractivity contribution in [3.8, 4) is 6.01 Å². The highest BCUT2D eigenvalue weighted by atomic mass is 16.5. The first-order chi connectivity index (χ1) is 8.70. The molecule has 3 aromatic rings. The summed E-state index contributed by atoms with van der Waals surface area (Å²) in [5.41, 5.74) is 2.48. The number of ether oxygens (including phenoxy) is 1. The lowest BCUT2D eigenvalue weighted by molar-refractivity contribution is 0.382. The number of methoxy groups -OCH3 is 1. The van der Waals surface area contributed by atoms with Crippen molar-refractivity contribution in [3.05, 3.63) is 24.0 Å². The van der Waals surface area contributed by atoms with Gasteiger partial charge in [0.2, 0.25) is 0 Å². The second-order valence-electron chi connectivity index (χ2n) is 4.46. The summed E-state index contributed by atoms with van der Waals surface area (Å²) in [6.07, 6.45) is 1.75. The quantitative estimate of drug-likeness (QED) is 0.692. The van der Waals surface area contributed by atoms with Gasteiger partial charge in [-0.05, 0) is 18.1 Å². The molecule has 0 aliphatic heterocycles. The Hall–Kier alpha value is -2.17. The number of benzene rings is 1. The number of nitrogens with zero attached hydrogens (tertiary/aromatic N) is 3. The molecule has 92 valence electrons. The molecule has 0 saturated heterocycles. The standard InChI is InChI=1S/C13H13N3O2/c1-7(2)11-10-9(18-16-11)5-4-8-6-14-13(17-3)15-12(8)10/h4-7H,1-3H3. The van der Waals surface area contributed by atoms with Crippen molar-refractivity contribution in [3.63, 3.8) is 0 Å². The van der Waals surface area contributed by atoms with Crippen molar-refractivity contribution >= 4 is 21.9 Å². The summed E-state index contributed by atoms with van der Waals surface area (Å²) in [5, 5.41) is 6.02. The number of fused-ring (bicyclic) bond motifs is 3. The van der Waals surface area contributed by atoms with Gasteiger partial charge in [-0.1, -0.05) is 19.0 Å². The van der Waals surface area contributed by atoms with Gasteiger partial charge in [0, 0.05) is 11.6 Å². The Kier molecular flexibility index (Phi) is 2.40. The zero-order valence-electron chi connectivity index (χ0n) is 10.5. The summed E-state index contributed by atoms with van der Waals surface area (Å²) >= 11 is 0. The van der Waals surface area contributed by atoms with Crippen LogP contribution in [0, 0.1) is 0 Å². The maximum atomic E-state index is 5.34. The van der Waals surface area contributed by atoms with Crippen LogP contribution in [-0.2, 0) is 0 Å². The molecule has 5 heteroatoms. The van der Waals surface area contributed by atoms with Crippen molar-refractivity contribution in [2.75, 3.05) is 7.11 Å². The summed E-state index contributed by atoms with van der Waals surface area (Å²) < 4.78 is 10.4. The topological polar surface area (TPSA) is 61.0 Å². The molecule has 0 amide bonds. The van der Waals surface area contributed by atoms with E-state index in [1.807, 2.05) is 12.1 Å². The van der Waals surface area contributed by atoms with E-state index in [4.69, 9.17) is 9.26 Å². The first-order valence-electron chi connectivity index (χ1n) is 5.79. The zero-order valence-corrected chi connectivity index (χ0v) is 10.5. The monoisotopic (exact) mass is 243 g/mol. The summed E-state index contributed by atoms with van der Waals surface area (Å²) in [5.74, 6) is 0.276. The highest BCUT2D eigenvalue weighted by Crippen LogP contribution is 2.31. The SMILES string of the molecule is COc1ncc2ccc3onc(C(C)C)c3c2n1. The van der Waals surface area contributed by atoms with Crippen LogP contribution in [-0.4, -0.2) is 22.2 Å². The van der Waals surface area contributed by atoms with Crippen LogP contribution in [0.1, 0.15) is 25.5 Å². The molecule has 2 heterocycles. The maximum absolute atomic E-state index is 5.34. The molecule has 0 fully saturated rings. The van der Waals surface area contributed by atoms with Crippen molar-refractivity contribution in [1.29, 1.82) is 0 Å². The molecule has 0 N–H and O–H groups in total. The van der Waals surface area contributed by atoms with E-state index in [2.05, 4.69) is 29.0 Å². The van der Waals surface area contributed by atoms with Gasteiger partial charge >= 0.3 is 6.01 Å². The van der Waals surface area contributed by atoms with Crippen LogP contribution in [0.2, 0.25) is 0 Å². The molecule has 3 rings (SSSR count). The van der Waals surface area contributed by atoms with Crippen molar-refractivity contribution < 1.29 is 9.26 Å². The predicted molar refractivity (Wildman–Crippen MR) is 67.7 cm³/mol. The molecule has 0 bridgehead atoms. The fraction of sp³-hybridized carbons (Fsp3) is 0.308. The minimum absolute atomic E-state index is 0.276. The van der Waals surface area contributed by atoms with E-state index in [9.17, 15) is 0 Å². The third kappa shape index (κ3) is 1.51. The molecular weight excluding hydrogens is 230 g/mol. The van der Waals surface area contributed by atoms with Crippen LogP contribution >= 0.6 is 0 Å². The van der Waals surface area contributed by atoms with Gasteiger partial charge < -0.3 is 9.26 Å². The van der Waals surface area contributed by atoms with Crippen molar-refractivity contribution in [2.45, 2.75) is 19.8 Å². The normalized spacial score (nSPS) is 11.6. The Morgan fingerprint density at radius 1 is 1.28 bits per heavy atom. The van der Waals surface area contributed by atoms with Gasteiger partial charge in [0.25, 0.3) is 0 Å². The van der Waals surface area contributed by atoms with Crippen molar-refractivity contribution in [2.24, 2.45) is 0 Å². The van der Waals surface area contributed by atoms with E-state index in [0.717, 1.165) is 27.6 Å². The van der Waals surface area contributed by atoms with Gasteiger partial charge in [-0.3, -0.25) is 0 Å². The summed E-state index contributed by atoms with van der Waals surface area (Å²) in [7, 11) is 1.55. The first kappa shape index (κ1) is 11.0. The van der Waals surface area contributed by atoms with E-state index < -0.39 is 0 Å². The Labute approximate surface area is 104 Å². The van der Waals surface area contributed by atoms with Gasteiger partial charge in [-0.15, -0.1) is 0 Å². The third-order valence-corrected chi connectivity index (χ3v) is 2.92. The van der Waals surface area contributed by atoms with Gasteiger partial charge in [0.15, 0.2) is 5.58 Å². The fourth-order valence-corrected chi connectivity index (χ4v) is 2.02. The largest absolute Gasteiger partial charge is 0.467 e. The molecule has 0 spiro atoms. The third-order valence-electron chi connectivity index (χ3n) is 2.92. The lowest BCUT2D eigenvalue weighted by Gasteiger charge is -2.03. The average molecular weight is 243 g/mol. The van der Waals surface area contributed by atoms with Crippen LogP contribution in [0.5, 0.6) is 6.01 Å². The number of hydrogen-bond acceptors (Lipinski definition) is 5. The van der Waals surface area contributed by atoms with Crippen LogP contribution in [0.4, 0.5) is 0 Å². The van der Waals surface area contributed by atoms with Gasteiger partial charge in [0.1, 0.15) is 0 Å². The Morgan fingerprint density at radius 3 is 2.83 bits per heavy atom. The minimum atomic E-state index is 0.276. The second kappa shape index (κ2) is 3.94. The van der Waals surface area contributed by atoms with Crippen molar-refractivity contribution in [1.82, 2.24) is 15.1 Å². The van der Waals surface area contributed by atoms with E-state index >= 15 is 0 Å². The summed E-state index contributed by atoms with van der Waals surface area (Å²) in [6.45, 7) is 4.16. The Balaban J connectivity index is 2.44. The molecule has 0 radical (unpaired) electrons. The highest BCUT2D eigenvalue weighted by Gasteiger charge is 2.16. The minimum Gasteiger partial charge on any atom is -0.467 e. The Bertz CT molecular complexity index is 719. The smallest absolute Gasteiger partial charge is 0.316 e. The first-order valence-corrected chi connectivity index (χ1v) is 5.79. The Morgan fingerprint density at radius 2 is 2.11 bits per heavy atom. The molecule has 0 aliphatic rings. The summed E-state index contributed by atoms with van der Waals surface area (Å²) in [6, 6.07) is 4.17. The molecular formula is C13H13N3O2. The van der Waals surface area contributed by atoms with Gasteiger partial charge in [-0.2, -0.15) is 4.98 Å². The van der Waals surface area contributed by atoms with Crippen LogP contribution < -0.4 is 4.74 Å². The number of hydrogen-bond donors (Lipinski definition) is 0. The molecule has 5 nitrogen and oxygen atoms in total. The van der Waals surface area contributed by atoms with Crippen LogP contribution in [0.15, 0.2) is 22.9 Å². The maximum Gasteiger partial charge on any atom is 0.316 e. The summed E-state index contributed by atoms with van der Waals surface area (Å²) in [4.78, 5) is 8.51. The van der Waals surface area contributed by atoms with E-state index in [0.29, 0.717) is 6.01 Å². The highest BCUT2D eigenvalue weighted by molar-refractivity contribution is 6.04. The molecule has 0 saturated carbocycles. The molecule has 0 aliphatic carbocycles. The second-order valence-corrected chi connectivity index (χ2v) is 4.46. The average Bonchev–Trinajstić information content (AvgIpc) is 2.82. The zero-order chi connectivity index (χ0) is 12.7. The van der Waals surface area contributed by atoms with Crippen LogP contribution in [0.3, 0.4) is 0 Å². The molecule has 2 aromatic heterocycles. The molecule has 18 heavy (non-hydrogen) atoms. The van der Waals surface area contributed by atoms with Gasteiger partial charge in [-0.25, -0.2) is 4.98 Å². The predicted octanol–water partition coefficient (Wildman–Crippen LogP) is 2.90. The van der Waals surface area contributed by atoms with E-state index in [-0.39, 0.29) is 5.92 Å². The van der Waals surface area contributed by atoms with E-state index in [1.165, 1.54) is 0 Å². The fourth-order valence-electron chi connectivity index (χ4n) is 2.02. The number of rotatable bonds is 2. The van der Waals surface area contributed by atoms with E-state index in [1.54, 1.807) is 13.3 Å². The molecule has 1 aromatic carbocycles. The molecule has 0 unspecified atom stereocenters. The molecule has 0 atom stereocenters. The number of aromatic nitrogens is 3. The lowest BCUT2D eigenvalue weighted by atomic mass is 10.0. The lowest BCUT2D eigenvalue weighted by Crippen LogP contribution is -1.94.